The molecule has 0 heterocycles. The third-order valence-corrected chi connectivity index (χ3v) is 0.908. The fourth-order valence-corrected chi connectivity index (χ4v) is 0.589. The summed E-state index contributed by atoms with van der Waals surface area (Å²) < 4.78 is 0. The van der Waals surface area contributed by atoms with Crippen LogP contribution in [0.2, 0.25) is 0 Å². The van der Waals surface area contributed by atoms with Gasteiger partial charge in [-0.2, -0.15) is 0 Å². The Morgan fingerprint density at radius 2 is 1.50 bits per heavy atom. The summed E-state index contributed by atoms with van der Waals surface area (Å²) in [6.45, 7) is 0. The third kappa shape index (κ3) is 1.77. The summed E-state index contributed by atoms with van der Waals surface area (Å²) in [6, 6.07) is 0. The number of hydrogen-bond acceptors (Lipinski definition) is 0. The normalized spacial score (nSPS) is 17.3. The molecular weight excluding hydrogens is 244 g/mol. The molecule has 6 heavy (non-hydrogen) atoms. The van der Waals surface area contributed by atoms with Gasteiger partial charge < -0.3 is 0 Å². The Kier molecular flexibility index (Phi) is 3.87. The van der Waals surface area contributed by atoms with Gasteiger partial charge in [0.2, 0.25) is 0 Å². The van der Waals surface area contributed by atoms with Crippen LogP contribution in [0.5, 0.6) is 0 Å². The van der Waals surface area contributed by atoms with Crippen LogP contribution in [-0.2, 0) is 21.1 Å². The average molecular weight is 252 g/mol. The van der Waals surface area contributed by atoms with Crippen LogP contribution in [0.1, 0.15) is 19.3 Å². The van der Waals surface area contributed by atoms with Gasteiger partial charge in [0.15, 0.2) is 0 Å². The van der Waals surface area contributed by atoms with E-state index in [4.69, 9.17) is 0 Å². The SMILES string of the molecule is C1=CCCC1.[W]. The maximum atomic E-state index is 2.24. The van der Waals surface area contributed by atoms with Crippen LogP contribution in [0.25, 0.3) is 0 Å². The van der Waals surface area contributed by atoms with Crippen molar-refractivity contribution in [3.63, 3.8) is 0 Å². The van der Waals surface area contributed by atoms with E-state index < -0.39 is 0 Å². The second-order valence-electron chi connectivity index (χ2n) is 1.40. The molecule has 0 fully saturated rings. The molecule has 1 heteroatoms. The molecule has 0 nitrogen and oxygen atoms in total. The molecule has 0 bridgehead atoms. The second kappa shape index (κ2) is 3.61. The quantitative estimate of drug-likeness (QED) is 0.576. The van der Waals surface area contributed by atoms with Crippen molar-refractivity contribution >= 4 is 0 Å². The minimum Gasteiger partial charge on any atom is -0.0885 e. The van der Waals surface area contributed by atoms with Gasteiger partial charge in [-0.1, -0.05) is 12.2 Å². The predicted octanol–water partition coefficient (Wildman–Crippen LogP) is 1.72. The fourth-order valence-electron chi connectivity index (χ4n) is 0.589. The van der Waals surface area contributed by atoms with Gasteiger partial charge in [0.25, 0.3) is 0 Å². The van der Waals surface area contributed by atoms with Crippen LogP contribution in [0.4, 0.5) is 0 Å². The molecule has 1 aliphatic carbocycles. The molecule has 1 aliphatic rings. The fraction of sp³-hybridized carbons (Fsp3) is 0.600. The molecule has 0 amide bonds. The van der Waals surface area contributed by atoms with Crippen molar-refractivity contribution in [2.75, 3.05) is 0 Å². The molecule has 0 atom stereocenters. The van der Waals surface area contributed by atoms with E-state index in [2.05, 4.69) is 12.2 Å². The van der Waals surface area contributed by atoms with E-state index in [0.717, 1.165) is 0 Å². The summed E-state index contributed by atoms with van der Waals surface area (Å²) >= 11 is 0. The van der Waals surface area contributed by atoms with E-state index in [0.29, 0.717) is 0 Å². The zero-order valence-corrected chi connectivity index (χ0v) is 6.62. The van der Waals surface area contributed by atoms with Gasteiger partial charge in [0.05, 0.1) is 0 Å². The summed E-state index contributed by atoms with van der Waals surface area (Å²) in [5.74, 6) is 0. The molecule has 0 radical (unpaired) electrons. The Hall–Kier alpha value is 0.428. The molecule has 0 saturated heterocycles. The maximum absolute atomic E-state index is 2.24. The minimum atomic E-state index is 0. The first-order chi connectivity index (χ1) is 2.50. The topological polar surface area (TPSA) is 0 Å². The summed E-state index contributed by atoms with van der Waals surface area (Å²) in [4.78, 5) is 0. The summed E-state index contributed by atoms with van der Waals surface area (Å²) in [5, 5.41) is 0. The van der Waals surface area contributed by atoms with E-state index in [1.165, 1.54) is 19.3 Å². The number of hydrogen-bond donors (Lipinski definition) is 0. The number of rotatable bonds is 0. The molecule has 1 rings (SSSR count). The number of allylic oxidation sites excluding steroid dienone is 2. The molecule has 34 valence electrons. The summed E-state index contributed by atoms with van der Waals surface area (Å²) in [5.41, 5.74) is 0. The average Bonchev–Trinajstić information content (AvgIpc) is 1.76. The van der Waals surface area contributed by atoms with E-state index in [1.807, 2.05) is 0 Å². The smallest absolute Gasteiger partial charge is 0 e. The van der Waals surface area contributed by atoms with Crippen LogP contribution < -0.4 is 0 Å². The van der Waals surface area contributed by atoms with Crippen LogP contribution >= 0.6 is 0 Å². The van der Waals surface area contributed by atoms with Gasteiger partial charge in [-0.05, 0) is 19.3 Å². The zero-order valence-electron chi connectivity index (χ0n) is 3.68. The van der Waals surface area contributed by atoms with Crippen molar-refractivity contribution in [1.29, 1.82) is 0 Å². The molecule has 0 spiro atoms. The monoisotopic (exact) mass is 252 g/mol. The minimum absolute atomic E-state index is 0. The standard InChI is InChI=1S/C5H8.W/c1-2-4-5-3-1;/h1-2H,3-5H2;. The van der Waals surface area contributed by atoms with E-state index in [9.17, 15) is 0 Å². The van der Waals surface area contributed by atoms with Gasteiger partial charge in [-0.15, -0.1) is 0 Å². The van der Waals surface area contributed by atoms with Gasteiger partial charge in [0.1, 0.15) is 0 Å². The van der Waals surface area contributed by atoms with Crippen LogP contribution in [0.15, 0.2) is 12.2 Å². The van der Waals surface area contributed by atoms with Crippen molar-refractivity contribution in [2.24, 2.45) is 0 Å². The van der Waals surface area contributed by atoms with Gasteiger partial charge in [-0.25, -0.2) is 0 Å². The Morgan fingerprint density at radius 1 is 1.00 bits per heavy atom. The van der Waals surface area contributed by atoms with Gasteiger partial charge in [0, 0.05) is 21.1 Å². The third-order valence-electron chi connectivity index (χ3n) is 0.908. The molecule has 0 saturated carbocycles. The predicted molar refractivity (Wildman–Crippen MR) is 23.0 cm³/mol. The summed E-state index contributed by atoms with van der Waals surface area (Å²) in [7, 11) is 0. The van der Waals surface area contributed by atoms with Gasteiger partial charge in [-0.3, -0.25) is 0 Å². The Morgan fingerprint density at radius 3 is 1.67 bits per heavy atom. The zero-order chi connectivity index (χ0) is 3.54. The molecule has 0 aromatic rings. The molecule has 0 unspecified atom stereocenters. The largest absolute Gasteiger partial charge is 0.0885 e. The van der Waals surface area contributed by atoms with E-state index >= 15 is 0 Å². The first-order valence-corrected chi connectivity index (χ1v) is 2.15. The van der Waals surface area contributed by atoms with E-state index in [-0.39, 0.29) is 21.1 Å². The van der Waals surface area contributed by atoms with Crippen LogP contribution in [-0.4, -0.2) is 0 Å². The summed E-state index contributed by atoms with van der Waals surface area (Å²) in [6.07, 6.45) is 8.50. The second-order valence-corrected chi connectivity index (χ2v) is 1.40. The molecular formula is C5H8W. The first-order valence-electron chi connectivity index (χ1n) is 2.15. The van der Waals surface area contributed by atoms with E-state index in [1.54, 1.807) is 0 Å². The van der Waals surface area contributed by atoms with Crippen molar-refractivity contribution in [3.8, 4) is 0 Å². The molecule has 0 aromatic carbocycles. The Bertz CT molecular complexity index is 41.9. The molecule has 0 aliphatic heterocycles. The van der Waals surface area contributed by atoms with Crippen molar-refractivity contribution in [1.82, 2.24) is 0 Å². The maximum Gasteiger partial charge on any atom is 0 e. The van der Waals surface area contributed by atoms with Crippen molar-refractivity contribution in [3.05, 3.63) is 12.2 Å². The van der Waals surface area contributed by atoms with Crippen LogP contribution in [0.3, 0.4) is 0 Å². The van der Waals surface area contributed by atoms with Crippen LogP contribution in [0, 0.1) is 0 Å². The molecule has 0 aromatic heterocycles. The van der Waals surface area contributed by atoms with Gasteiger partial charge >= 0.3 is 0 Å². The van der Waals surface area contributed by atoms with Crippen molar-refractivity contribution < 1.29 is 21.1 Å². The Balaban J connectivity index is 0.000000250. The molecule has 0 N–H and O–H groups in total. The Labute approximate surface area is 52.9 Å². The van der Waals surface area contributed by atoms with Crippen molar-refractivity contribution in [2.45, 2.75) is 19.3 Å². The first kappa shape index (κ1) is 6.43.